The van der Waals surface area contributed by atoms with Crippen LogP contribution in [0.4, 0.5) is 0 Å². The fourth-order valence-corrected chi connectivity index (χ4v) is 0.377. The molecule has 0 saturated carbocycles. The molecule has 0 bridgehead atoms. The minimum atomic E-state index is -0.168. The van der Waals surface area contributed by atoms with E-state index in [1.807, 2.05) is 6.92 Å². The van der Waals surface area contributed by atoms with Gasteiger partial charge in [0, 0.05) is 18.8 Å². The Hall–Kier alpha value is -1.12. The smallest absolute Gasteiger partial charge is 0.243 e. The standard InChI is InChI=1S/C7H12N2O/c1-3-6(8)4-5-7(10)9-2/h4-5,8H,3H2,1-2H3,(H,9,10)/b5-4-,8-6?. The SMILES string of the molecule is CCC(=N)/C=C\C(=O)NC. The molecule has 0 rings (SSSR count). The average molecular weight is 140 g/mol. The summed E-state index contributed by atoms with van der Waals surface area (Å²) in [5.41, 5.74) is 0.462. The Labute approximate surface area is 60.6 Å². The van der Waals surface area contributed by atoms with Gasteiger partial charge >= 0.3 is 0 Å². The second kappa shape index (κ2) is 4.73. The summed E-state index contributed by atoms with van der Waals surface area (Å²) in [4.78, 5) is 10.5. The predicted octanol–water partition coefficient (Wildman–Crippen LogP) is 0.718. The first-order chi connectivity index (χ1) is 4.70. The predicted molar refractivity (Wildman–Crippen MR) is 41.2 cm³/mol. The first-order valence-electron chi connectivity index (χ1n) is 3.18. The van der Waals surface area contributed by atoms with E-state index in [4.69, 9.17) is 5.41 Å². The summed E-state index contributed by atoms with van der Waals surface area (Å²) in [6, 6.07) is 0. The summed E-state index contributed by atoms with van der Waals surface area (Å²) in [6.45, 7) is 1.87. The van der Waals surface area contributed by atoms with E-state index in [2.05, 4.69) is 5.32 Å². The van der Waals surface area contributed by atoms with Gasteiger partial charge in [0.2, 0.25) is 5.91 Å². The normalized spacial score (nSPS) is 9.80. The first kappa shape index (κ1) is 8.88. The van der Waals surface area contributed by atoms with Gasteiger partial charge in [-0.3, -0.25) is 4.79 Å². The van der Waals surface area contributed by atoms with Crippen LogP contribution in [0.15, 0.2) is 12.2 Å². The highest BCUT2D eigenvalue weighted by atomic mass is 16.1. The molecule has 0 aromatic heterocycles. The molecular formula is C7H12N2O. The zero-order valence-electron chi connectivity index (χ0n) is 6.27. The minimum Gasteiger partial charge on any atom is -0.356 e. The Balaban J connectivity index is 3.75. The van der Waals surface area contributed by atoms with Crippen molar-refractivity contribution in [1.82, 2.24) is 5.32 Å². The molecule has 0 unspecified atom stereocenters. The van der Waals surface area contributed by atoms with Gasteiger partial charge in [-0.05, 0) is 12.5 Å². The maximum absolute atomic E-state index is 10.5. The van der Waals surface area contributed by atoms with Crippen molar-refractivity contribution in [3.8, 4) is 0 Å². The lowest BCUT2D eigenvalue weighted by Crippen LogP contribution is -2.14. The molecule has 2 N–H and O–H groups in total. The topological polar surface area (TPSA) is 53.0 Å². The van der Waals surface area contributed by atoms with Crippen molar-refractivity contribution in [3.05, 3.63) is 12.2 Å². The number of amides is 1. The van der Waals surface area contributed by atoms with E-state index >= 15 is 0 Å². The Bertz CT molecular complexity index is 143. The van der Waals surface area contributed by atoms with Gasteiger partial charge in [-0.15, -0.1) is 0 Å². The van der Waals surface area contributed by atoms with Crippen molar-refractivity contribution in [2.24, 2.45) is 0 Å². The molecule has 0 radical (unpaired) electrons. The Morgan fingerprint density at radius 3 is 2.60 bits per heavy atom. The van der Waals surface area contributed by atoms with Crippen LogP contribution in [0.5, 0.6) is 0 Å². The number of carbonyl (C=O) groups is 1. The van der Waals surface area contributed by atoms with Crippen LogP contribution < -0.4 is 5.32 Å². The van der Waals surface area contributed by atoms with Gasteiger partial charge in [-0.1, -0.05) is 6.92 Å². The zero-order chi connectivity index (χ0) is 7.98. The second-order valence-corrected chi connectivity index (χ2v) is 1.83. The molecule has 0 aliphatic rings. The highest BCUT2D eigenvalue weighted by Crippen LogP contribution is 1.83. The van der Waals surface area contributed by atoms with E-state index in [9.17, 15) is 4.79 Å². The van der Waals surface area contributed by atoms with Gasteiger partial charge in [0.15, 0.2) is 0 Å². The molecule has 3 nitrogen and oxygen atoms in total. The van der Waals surface area contributed by atoms with Crippen LogP contribution in [0.25, 0.3) is 0 Å². The third-order valence-electron chi connectivity index (χ3n) is 1.06. The lowest BCUT2D eigenvalue weighted by Gasteiger charge is -1.89. The largest absolute Gasteiger partial charge is 0.356 e. The summed E-state index contributed by atoms with van der Waals surface area (Å²) >= 11 is 0. The molecule has 0 atom stereocenters. The van der Waals surface area contributed by atoms with Gasteiger partial charge in [-0.25, -0.2) is 0 Å². The molecule has 0 fully saturated rings. The molecule has 0 spiro atoms. The van der Waals surface area contributed by atoms with Crippen molar-refractivity contribution >= 4 is 11.6 Å². The fourth-order valence-electron chi connectivity index (χ4n) is 0.377. The van der Waals surface area contributed by atoms with E-state index < -0.39 is 0 Å². The van der Waals surface area contributed by atoms with Gasteiger partial charge in [0.05, 0.1) is 0 Å². The molecule has 1 amide bonds. The number of carbonyl (C=O) groups excluding carboxylic acids is 1. The number of allylic oxidation sites excluding steroid dienone is 1. The van der Waals surface area contributed by atoms with E-state index in [0.717, 1.165) is 0 Å². The van der Waals surface area contributed by atoms with Crippen molar-refractivity contribution in [3.63, 3.8) is 0 Å². The minimum absolute atomic E-state index is 0.168. The summed E-state index contributed by atoms with van der Waals surface area (Å²) in [5.74, 6) is -0.168. The summed E-state index contributed by atoms with van der Waals surface area (Å²) in [6.07, 6.45) is 3.51. The maximum Gasteiger partial charge on any atom is 0.243 e. The van der Waals surface area contributed by atoms with Crippen LogP contribution in [-0.2, 0) is 4.79 Å². The molecule has 0 heterocycles. The monoisotopic (exact) mass is 140 g/mol. The van der Waals surface area contributed by atoms with Crippen LogP contribution in [-0.4, -0.2) is 18.7 Å². The van der Waals surface area contributed by atoms with E-state index in [1.54, 1.807) is 7.05 Å². The van der Waals surface area contributed by atoms with Gasteiger partial charge in [0.1, 0.15) is 0 Å². The molecule has 3 heteroatoms. The van der Waals surface area contributed by atoms with Crippen LogP contribution >= 0.6 is 0 Å². The summed E-state index contributed by atoms with van der Waals surface area (Å²) < 4.78 is 0. The third kappa shape index (κ3) is 3.83. The van der Waals surface area contributed by atoms with E-state index in [0.29, 0.717) is 12.1 Å². The lowest BCUT2D eigenvalue weighted by molar-refractivity contribution is -0.116. The van der Waals surface area contributed by atoms with Crippen LogP contribution in [0.2, 0.25) is 0 Å². The summed E-state index contributed by atoms with van der Waals surface area (Å²) in [7, 11) is 1.56. The van der Waals surface area contributed by atoms with Gasteiger partial charge in [-0.2, -0.15) is 0 Å². The van der Waals surface area contributed by atoms with E-state index in [-0.39, 0.29) is 5.91 Å². The number of hydrogen-bond acceptors (Lipinski definition) is 2. The number of likely N-dealkylation sites (N-methyl/N-ethyl adjacent to an activating group) is 1. The first-order valence-corrected chi connectivity index (χ1v) is 3.18. The van der Waals surface area contributed by atoms with Crippen LogP contribution in [0.3, 0.4) is 0 Å². The molecule has 0 aromatic carbocycles. The third-order valence-corrected chi connectivity index (χ3v) is 1.06. The highest BCUT2D eigenvalue weighted by Gasteiger charge is 1.88. The van der Waals surface area contributed by atoms with Crippen molar-refractivity contribution < 1.29 is 4.79 Å². The number of nitrogens with one attached hydrogen (secondary N) is 2. The Kier molecular flexibility index (Phi) is 4.20. The molecule has 56 valence electrons. The van der Waals surface area contributed by atoms with E-state index in [1.165, 1.54) is 12.2 Å². The Morgan fingerprint density at radius 1 is 1.60 bits per heavy atom. The van der Waals surface area contributed by atoms with Gasteiger partial charge in [0.25, 0.3) is 0 Å². The summed E-state index contributed by atoms with van der Waals surface area (Å²) in [5, 5.41) is 9.56. The number of rotatable bonds is 3. The van der Waals surface area contributed by atoms with Crippen molar-refractivity contribution in [1.29, 1.82) is 5.41 Å². The van der Waals surface area contributed by atoms with Gasteiger partial charge < -0.3 is 10.7 Å². The van der Waals surface area contributed by atoms with Crippen LogP contribution in [0, 0.1) is 5.41 Å². The zero-order valence-corrected chi connectivity index (χ0v) is 6.27. The van der Waals surface area contributed by atoms with Crippen molar-refractivity contribution in [2.45, 2.75) is 13.3 Å². The second-order valence-electron chi connectivity index (χ2n) is 1.83. The fraction of sp³-hybridized carbons (Fsp3) is 0.429. The molecular weight excluding hydrogens is 128 g/mol. The molecule has 0 aliphatic heterocycles. The molecule has 10 heavy (non-hydrogen) atoms. The highest BCUT2D eigenvalue weighted by molar-refractivity contribution is 5.98. The molecule has 0 saturated heterocycles. The quantitative estimate of drug-likeness (QED) is 0.440. The molecule has 0 aliphatic carbocycles. The average Bonchev–Trinajstić information content (AvgIpc) is 1.99. The van der Waals surface area contributed by atoms with Crippen molar-refractivity contribution in [2.75, 3.05) is 7.05 Å². The van der Waals surface area contributed by atoms with Crippen LogP contribution in [0.1, 0.15) is 13.3 Å². The maximum atomic E-state index is 10.5. The number of hydrogen-bond donors (Lipinski definition) is 2. The lowest BCUT2D eigenvalue weighted by atomic mass is 10.3. The Morgan fingerprint density at radius 2 is 2.20 bits per heavy atom. The molecule has 0 aromatic rings.